The molecule has 1 aliphatic rings. The summed E-state index contributed by atoms with van der Waals surface area (Å²) in [6, 6.07) is 47.8. The number of rotatable bonds is 14. The van der Waals surface area contributed by atoms with Crippen LogP contribution < -0.4 is 9.47 Å². The third-order valence-corrected chi connectivity index (χ3v) is 10.6. The van der Waals surface area contributed by atoms with Crippen LogP contribution >= 0.6 is 0 Å². The standard InChI is InChI=1S/C49H38O10/c50-37(29-58-47(52)45-11-5-21-54-45)27-56-39-19-15-31-13-17-35(23-33(31)25-39)49(43-9-3-1-7-41(43)42-8-2-4-10-44(42)49)36-18-14-32-16-20-40(26-34(32)24-36)57-28-38(51)30-59-48(53)46-12-6-22-55-46/h1-26,37-38,50-51H,27-30H2. The topological polar surface area (TPSA) is 138 Å². The molecule has 2 heterocycles. The average molecular weight is 787 g/mol. The van der Waals surface area contributed by atoms with Crippen molar-refractivity contribution >= 4 is 33.5 Å². The van der Waals surface area contributed by atoms with E-state index in [2.05, 4.69) is 84.9 Å². The first kappa shape index (κ1) is 37.4. The normalized spacial score (nSPS) is 13.7. The second-order valence-electron chi connectivity index (χ2n) is 14.4. The lowest BCUT2D eigenvalue weighted by Crippen LogP contribution is -2.28. The smallest absolute Gasteiger partial charge is 0.374 e. The zero-order valence-corrected chi connectivity index (χ0v) is 31.7. The maximum Gasteiger partial charge on any atom is 0.374 e. The molecule has 0 fully saturated rings. The van der Waals surface area contributed by atoms with Crippen LogP contribution in [0.2, 0.25) is 0 Å². The quantitative estimate of drug-likeness (QED) is 0.103. The Bertz CT molecular complexity index is 2580. The molecule has 0 spiro atoms. The summed E-state index contributed by atoms with van der Waals surface area (Å²) in [7, 11) is 0. The van der Waals surface area contributed by atoms with Crippen LogP contribution in [0.25, 0.3) is 32.7 Å². The van der Waals surface area contributed by atoms with Gasteiger partial charge < -0.3 is 38.0 Å². The zero-order valence-electron chi connectivity index (χ0n) is 31.7. The van der Waals surface area contributed by atoms with E-state index in [4.69, 9.17) is 27.8 Å². The van der Waals surface area contributed by atoms with E-state index in [9.17, 15) is 19.8 Å². The maximum atomic E-state index is 12.2. The first-order valence-corrected chi connectivity index (χ1v) is 19.2. The van der Waals surface area contributed by atoms with Crippen LogP contribution in [-0.2, 0) is 14.9 Å². The summed E-state index contributed by atoms with van der Waals surface area (Å²) in [6.45, 7) is -0.654. The summed E-state index contributed by atoms with van der Waals surface area (Å²) < 4.78 is 32.5. The number of aliphatic hydroxyl groups is 2. The first-order valence-electron chi connectivity index (χ1n) is 19.2. The number of ether oxygens (including phenoxy) is 4. The minimum absolute atomic E-state index is 0.0626. The Labute approximate surface area is 338 Å². The zero-order chi connectivity index (χ0) is 40.3. The minimum Gasteiger partial charge on any atom is -0.491 e. The van der Waals surface area contributed by atoms with Gasteiger partial charge in [0.1, 0.15) is 50.1 Å². The SMILES string of the molecule is O=C(OCC(O)COc1ccc2ccc(C3(c4ccc5ccc(OCC(O)COC(=O)c6ccco6)cc5c4)c4ccccc4-c4ccccc43)cc2c1)c1ccco1. The number of fused-ring (bicyclic) bond motifs is 5. The lowest BCUT2D eigenvalue weighted by Gasteiger charge is -2.34. The molecule has 0 saturated heterocycles. The van der Waals surface area contributed by atoms with Gasteiger partial charge in [-0.05, 0) is 116 Å². The van der Waals surface area contributed by atoms with Gasteiger partial charge in [-0.3, -0.25) is 0 Å². The second kappa shape index (κ2) is 16.0. The number of carbonyl (C=O) groups excluding carboxylic acids is 2. The monoisotopic (exact) mass is 786 g/mol. The Morgan fingerprint density at radius 1 is 0.492 bits per heavy atom. The van der Waals surface area contributed by atoms with Crippen molar-refractivity contribution in [2.75, 3.05) is 26.4 Å². The van der Waals surface area contributed by atoms with E-state index in [1.54, 1.807) is 12.1 Å². The molecule has 6 aromatic carbocycles. The number of benzene rings is 6. The predicted molar refractivity (Wildman–Crippen MR) is 220 cm³/mol. The molecule has 10 nitrogen and oxygen atoms in total. The number of carbonyl (C=O) groups is 2. The Kier molecular flexibility index (Phi) is 10.2. The van der Waals surface area contributed by atoms with Gasteiger partial charge in [0.25, 0.3) is 0 Å². The summed E-state index contributed by atoms with van der Waals surface area (Å²) in [6.07, 6.45) is 0.665. The summed E-state index contributed by atoms with van der Waals surface area (Å²) in [4.78, 5) is 24.3. The Balaban J connectivity index is 1.02. The number of aliphatic hydroxyl groups excluding tert-OH is 2. The van der Waals surface area contributed by atoms with E-state index in [1.807, 2.05) is 36.4 Å². The van der Waals surface area contributed by atoms with E-state index in [0.717, 1.165) is 54.9 Å². The van der Waals surface area contributed by atoms with Crippen molar-refractivity contribution in [3.63, 3.8) is 0 Å². The molecule has 0 aliphatic heterocycles. The van der Waals surface area contributed by atoms with Crippen molar-refractivity contribution in [3.05, 3.63) is 192 Å². The van der Waals surface area contributed by atoms with Crippen molar-refractivity contribution in [2.24, 2.45) is 0 Å². The Morgan fingerprint density at radius 3 is 1.37 bits per heavy atom. The Hall–Kier alpha value is -7.14. The summed E-state index contributed by atoms with van der Waals surface area (Å²) in [5, 5.41) is 25.0. The fourth-order valence-electron chi connectivity index (χ4n) is 7.88. The third kappa shape index (κ3) is 7.31. The fourth-order valence-corrected chi connectivity index (χ4v) is 7.88. The second-order valence-corrected chi connectivity index (χ2v) is 14.4. The van der Waals surface area contributed by atoms with Crippen molar-refractivity contribution in [3.8, 4) is 22.6 Å². The minimum atomic E-state index is -1.05. The van der Waals surface area contributed by atoms with Gasteiger partial charge in [0, 0.05) is 0 Å². The molecule has 59 heavy (non-hydrogen) atoms. The predicted octanol–water partition coefficient (Wildman–Crippen LogP) is 8.74. The van der Waals surface area contributed by atoms with E-state index in [1.165, 1.54) is 24.7 Å². The number of hydrogen-bond donors (Lipinski definition) is 2. The molecule has 0 bridgehead atoms. The van der Waals surface area contributed by atoms with Crippen molar-refractivity contribution in [1.82, 2.24) is 0 Å². The van der Waals surface area contributed by atoms with Crippen LogP contribution in [0.3, 0.4) is 0 Å². The van der Waals surface area contributed by atoms with Gasteiger partial charge in [-0.25, -0.2) is 9.59 Å². The van der Waals surface area contributed by atoms with Gasteiger partial charge in [-0.15, -0.1) is 0 Å². The fraction of sp³-hybridized carbons (Fsp3) is 0.143. The van der Waals surface area contributed by atoms with Crippen molar-refractivity contribution in [2.45, 2.75) is 17.6 Å². The van der Waals surface area contributed by atoms with Crippen LogP contribution in [0.1, 0.15) is 43.4 Å². The number of hydrogen-bond acceptors (Lipinski definition) is 10. The van der Waals surface area contributed by atoms with Crippen LogP contribution in [0, 0.1) is 0 Å². The molecule has 2 aromatic heterocycles. The van der Waals surface area contributed by atoms with Crippen LogP contribution in [0.15, 0.2) is 167 Å². The van der Waals surface area contributed by atoms with Crippen molar-refractivity contribution < 1.29 is 47.6 Å². The first-order chi connectivity index (χ1) is 28.9. The van der Waals surface area contributed by atoms with Gasteiger partial charge in [0.15, 0.2) is 0 Å². The molecule has 2 N–H and O–H groups in total. The van der Waals surface area contributed by atoms with E-state index in [-0.39, 0.29) is 37.9 Å². The number of furan rings is 2. The van der Waals surface area contributed by atoms with E-state index >= 15 is 0 Å². The lowest BCUT2D eigenvalue weighted by atomic mass is 9.67. The van der Waals surface area contributed by atoms with E-state index < -0.39 is 29.6 Å². The van der Waals surface area contributed by atoms with Gasteiger partial charge >= 0.3 is 11.9 Å². The van der Waals surface area contributed by atoms with Gasteiger partial charge in [-0.2, -0.15) is 0 Å². The molecule has 2 atom stereocenters. The highest BCUT2D eigenvalue weighted by Crippen LogP contribution is 2.56. The lowest BCUT2D eigenvalue weighted by molar-refractivity contribution is 0.0103. The Morgan fingerprint density at radius 2 is 0.932 bits per heavy atom. The summed E-state index contributed by atoms with van der Waals surface area (Å²) in [5.74, 6) is -0.0665. The highest BCUT2D eigenvalue weighted by Gasteiger charge is 2.46. The average Bonchev–Trinajstić information content (AvgIpc) is 4.07. The molecule has 0 radical (unpaired) electrons. The molecular formula is C49H38O10. The molecule has 9 rings (SSSR count). The number of esters is 2. The van der Waals surface area contributed by atoms with Gasteiger partial charge in [0.05, 0.1) is 17.9 Å². The highest BCUT2D eigenvalue weighted by molar-refractivity contribution is 5.92. The largest absolute Gasteiger partial charge is 0.491 e. The maximum absolute atomic E-state index is 12.2. The molecule has 0 saturated carbocycles. The summed E-state index contributed by atoms with van der Waals surface area (Å²) in [5.41, 5.74) is 6.03. The van der Waals surface area contributed by atoms with Crippen LogP contribution in [0.4, 0.5) is 0 Å². The van der Waals surface area contributed by atoms with Crippen LogP contribution in [-0.4, -0.2) is 60.8 Å². The molecule has 0 amide bonds. The molecule has 2 unspecified atom stereocenters. The van der Waals surface area contributed by atoms with Crippen LogP contribution in [0.5, 0.6) is 11.5 Å². The highest BCUT2D eigenvalue weighted by atomic mass is 16.6. The summed E-state index contributed by atoms with van der Waals surface area (Å²) >= 11 is 0. The van der Waals surface area contributed by atoms with Gasteiger partial charge in [-0.1, -0.05) is 84.9 Å². The van der Waals surface area contributed by atoms with E-state index in [0.29, 0.717) is 11.5 Å². The molecule has 1 aliphatic carbocycles. The molecule has 294 valence electrons. The third-order valence-electron chi connectivity index (χ3n) is 10.6. The molecule has 8 aromatic rings. The van der Waals surface area contributed by atoms with Gasteiger partial charge in [0.2, 0.25) is 11.5 Å². The molecule has 10 heteroatoms. The molecular weight excluding hydrogens is 749 g/mol. The van der Waals surface area contributed by atoms with Crippen molar-refractivity contribution in [1.29, 1.82) is 0 Å².